The van der Waals surface area contributed by atoms with Gasteiger partial charge < -0.3 is 15.5 Å². The predicted molar refractivity (Wildman–Crippen MR) is 64.5 cm³/mol. The van der Waals surface area contributed by atoms with Gasteiger partial charge in [0, 0.05) is 26.1 Å². The average Bonchev–Trinajstić information content (AvgIpc) is 2.48. The van der Waals surface area contributed by atoms with E-state index in [1.807, 2.05) is 0 Å². The lowest BCUT2D eigenvalue weighted by atomic mass is 10.1. The third-order valence-corrected chi connectivity index (χ3v) is 3.00. The molecule has 0 bridgehead atoms. The van der Waals surface area contributed by atoms with Crippen molar-refractivity contribution in [1.82, 2.24) is 9.80 Å². The standard InChI is InChI=1S/C10H21N3S/c1-12-5-3-9(7-12)8-13(2)6-4-10(11)14/h9H,3-8H2,1-2H3,(H2,11,14). The Labute approximate surface area is 92.2 Å². The summed E-state index contributed by atoms with van der Waals surface area (Å²) in [6, 6.07) is 0. The average molecular weight is 215 g/mol. The van der Waals surface area contributed by atoms with Crippen LogP contribution in [0.2, 0.25) is 0 Å². The molecule has 1 heterocycles. The maximum absolute atomic E-state index is 5.47. The first kappa shape index (κ1) is 11.9. The van der Waals surface area contributed by atoms with Gasteiger partial charge in [0.1, 0.15) is 0 Å². The Morgan fingerprint density at radius 2 is 2.36 bits per heavy atom. The molecule has 2 N–H and O–H groups in total. The SMILES string of the molecule is CN(CCC(N)=S)CC1CCN(C)C1. The summed E-state index contributed by atoms with van der Waals surface area (Å²) in [6.45, 7) is 4.65. The number of thiocarbonyl (C=S) groups is 1. The van der Waals surface area contributed by atoms with Crippen LogP contribution in [0.25, 0.3) is 0 Å². The lowest BCUT2D eigenvalue weighted by molar-refractivity contribution is 0.280. The van der Waals surface area contributed by atoms with Crippen LogP contribution in [0.4, 0.5) is 0 Å². The number of likely N-dealkylation sites (tertiary alicyclic amines) is 1. The summed E-state index contributed by atoms with van der Waals surface area (Å²) < 4.78 is 0. The van der Waals surface area contributed by atoms with Crippen LogP contribution in [0.3, 0.4) is 0 Å². The third-order valence-electron chi connectivity index (χ3n) is 2.80. The molecular weight excluding hydrogens is 194 g/mol. The zero-order valence-electron chi connectivity index (χ0n) is 9.20. The molecule has 1 fully saturated rings. The number of rotatable bonds is 5. The zero-order valence-corrected chi connectivity index (χ0v) is 10.0. The molecule has 0 amide bonds. The van der Waals surface area contributed by atoms with Crippen molar-refractivity contribution in [2.75, 3.05) is 40.3 Å². The van der Waals surface area contributed by atoms with Gasteiger partial charge in [-0.1, -0.05) is 12.2 Å². The van der Waals surface area contributed by atoms with Gasteiger partial charge in [-0.2, -0.15) is 0 Å². The molecule has 14 heavy (non-hydrogen) atoms. The highest BCUT2D eigenvalue weighted by molar-refractivity contribution is 7.80. The predicted octanol–water partition coefficient (Wildman–Crippen LogP) is 0.546. The lowest BCUT2D eigenvalue weighted by Gasteiger charge is -2.20. The number of hydrogen-bond acceptors (Lipinski definition) is 3. The Morgan fingerprint density at radius 3 is 2.86 bits per heavy atom. The molecule has 0 saturated carbocycles. The third kappa shape index (κ3) is 4.35. The fourth-order valence-electron chi connectivity index (χ4n) is 2.01. The van der Waals surface area contributed by atoms with E-state index in [0.717, 1.165) is 18.9 Å². The molecule has 1 atom stereocenters. The Balaban J connectivity index is 2.13. The summed E-state index contributed by atoms with van der Waals surface area (Å²) in [4.78, 5) is 5.36. The largest absolute Gasteiger partial charge is 0.393 e. The van der Waals surface area contributed by atoms with Crippen LogP contribution in [0.1, 0.15) is 12.8 Å². The molecule has 0 aromatic heterocycles. The van der Waals surface area contributed by atoms with Crippen LogP contribution < -0.4 is 5.73 Å². The maximum atomic E-state index is 5.47. The topological polar surface area (TPSA) is 32.5 Å². The lowest BCUT2D eigenvalue weighted by Crippen LogP contribution is -2.30. The van der Waals surface area contributed by atoms with E-state index in [-0.39, 0.29) is 0 Å². The number of nitrogens with two attached hydrogens (primary N) is 1. The summed E-state index contributed by atoms with van der Waals surface area (Å²) in [5.41, 5.74) is 5.47. The van der Waals surface area contributed by atoms with Crippen molar-refractivity contribution in [3.63, 3.8) is 0 Å². The van der Waals surface area contributed by atoms with Gasteiger partial charge in [0.15, 0.2) is 0 Å². The fraction of sp³-hybridized carbons (Fsp3) is 0.900. The summed E-state index contributed by atoms with van der Waals surface area (Å²) >= 11 is 4.86. The van der Waals surface area contributed by atoms with Crippen molar-refractivity contribution in [2.45, 2.75) is 12.8 Å². The minimum absolute atomic E-state index is 0.625. The van der Waals surface area contributed by atoms with Crippen molar-refractivity contribution >= 4 is 17.2 Å². The molecule has 0 aromatic carbocycles. The minimum atomic E-state index is 0.625. The van der Waals surface area contributed by atoms with Crippen LogP contribution in [0, 0.1) is 5.92 Å². The first-order chi connectivity index (χ1) is 6.58. The van der Waals surface area contributed by atoms with Crippen LogP contribution >= 0.6 is 12.2 Å². The molecule has 4 heteroatoms. The summed E-state index contributed by atoms with van der Waals surface area (Å²) in [5.74, 6) is 0.830. The minimum Gasteiger partial charge on any atom is -0.393 e. The first-order valence-corrected chi connectivity index (χ1v) is 5.64. The molecule has 0 aromatic rings. The summed E-state index contributed by atoms with van der Waals surface area (Å²) in [7, 11) is 4.34. The van der Waals surface area contributed by atoms with E-state index < -0.39 is 0 Å². The molecule has 0 spiro atoms. The molecule has 1 aliphatic rings. The molecule has 1 saturated heterocycles. The van der Waals surface area contributed by atoms with Crippen molar-refractivity contribution in [3.05, 3.63) is 0 Å². The van der Waals surface area contributed by atoms with Gasteiger partial charge in [0.25, 0.3) is 0 Å². The second-order valence-corrected chi connectivity index (χ2v) is 4.92. The van der Waals surface area contributed by atoms with Gasteiger partial charge in [0.2, 0.25) is 0 Å². The molecule has 0 aliphatic carbocycles. The second kappa shape index (κ2) is 5.63. The van der Waals surface area contributed by atoms with E-state index in [2.05, 4.69) is 23.9 Å². The quantitative estimate of drug-likeness (QED) is 0.679. The molecular formula is C10H21N3S. The van der Waals surface area contributed by atoms with Crippen molar-refractivity contribution in [2.24, 2.45) is 11.7 Å². The van der Waals surface area contributed by atoms with E-state index in [1.54, 1.807) is 0 Å². The fourth-order valence-corrected chi connectivity index (χ4v) is 2.10. The van der Waals surface area contributed by atoms with Crippen LogP contribution in [0.15, 0.2) is 0 Å². The summed E-state index contributed by atoms with van der Waals surface area (Å²) in [5, 5.41) is 0. The highest BCUT2D eigenvalue weighted by Gasteiger charge is 2.20. The summed E-state index contributed by atoms with van der Waals surface area (Å²) in [6.07, 6.45) is 2.17. The molecule has 82 valence electrons. The monoisotopic (exact) mass is 215 g/mol. The Morgan fingerprint density at radius 1 is 1.64 bits per heavy atom. The van der Waals surface area contributed by atoms with Crippen molar-refractivity contribution in [3.8, 4) is 0 Å². The molecule has 0 radical (unpaired) electrons. The second-order valence-electron chi connectivity index (χ2n) is 4.40. The first-order valence-electron chi connectivity index (χ1n) is 5.23. The molecule has 1 aliphatic heterocycles. The highest BCUT2D eigenvalue weighted by atomic mass is 32.1. The van der Waals surface area contributed by atoms with E-state index in [0.29, 0.717) is 4.99 Å². The van der Waals surface area contributed by atoms with Gasteiger partial charge >= 0.3 is 0 Å². The van der Waals surface area contributed by atoms with Gasteiger partial charge in [-0.15, -0.1) is 0 Å². The normalized spacial score (nSPS) is 23.2. The highest BCUT2D eigenvalue weighted by Crippen LogP contribution is 2.14. The van der Waals surface area contributed by atoms with Crippen LogP contribution in [-0.2, 0) is 0 Å². The smallest absolute Gasteiger partial charge is 0.0740 e. The maximum Gasteiger partial charge on any atom is 0.0740 e. The van der Waals surface area contributed by atoms with Gasteiger partial charge in [-0.25, -0.2) is 0 Å². The van der Waals surface area contributed by atoms with E-state index in [4.69, 9.17) is 18.0 Å². The Hall–Kier alpha value is -0.190. The Bertz CT molecular complexity index is 196. The van der Waals surface area contributed by atoms with E-state index >= 15 is 0 Å². The van der Waals surface area contributed by atoms with Crippen molar-refractivity contribution in [1.29, 1.82) is 0 Å². The van der Waals surface area contributed by atoms with E-state index in [1.165, 1.54) is 26.1 Å². The van der Waals surface area contributed by atoms with E-state index in [9.17, 15) is 0 Å². The zero-order chi connectivity index (χ0) is 10.6. The number of hydrogen-bond donors (Lipinski definition) is 1. The molecule has 1 unspecified atom stereocenters. The number of nitrogens with zero attached hydrogens (tertiary/aromatic N) is 2. The molecule has 3 nitrogen and oxygen atoms in total. The van der Waals surface area contributed by atoms with Crippen molar-refractivity contribution < 1.29 is 0 Å². The van der Waals surface area contributed by atoms with Crippen LogP contribution in [0.5, 0.6) is 0 Å². The molecule has 1 rings (SSSR count). The van der Waals surface area contributed by atoms with Gasteiger partial charge in [-0.05, 0) is 33.0 Å². The Kier molecular flexibility index (Phi) is 4.78. The van der Waals surface area contributed by atoms with Gasteiger partial charge in [0.05, 0.1) is 4.99 Å². The van der Waals surface area contributed by atoms with Gasteiger partial charge in [-0.3, -0.25) is 0 Å². The van der Waals surface area contributed by atoms with Crippen LogP contribution in [-0.4, -0.2) is 55.1 Å².